The van der Waals surface area contributed by atoms with Crippen molar-refractivity contribution in [1.82, 2.24) is 15.1 Å². The minimum atomic E-state index is -0.247. The molecular formula is C26H21N3O3S. The van der Waals surface area contributed by atoms with Crippen LogP contribution in [0.3, 0.4) is 0 Å². The van der Waals surface area contributed by atoms with E-state index in [2.05, 4.69) is 40.7 Å². The van der Waals surface area contributed by atoms with Gasteiger partial charge in [-0.1, -0.05) is 48.5 Å². The van der Waals surface area contributed by atoms with Crippen molar-refractivity contribution in [2.75, 3.05) is 13.0 Å². The number of fused-ring (bicyclic) bond motifs is 2. The number of rotatable bonds is 5. The van der Waals surface area contributed by atoms with Crippen molar-refractivity contribution in [2.24, 2.45) is 0 Å². The number of carbonyl (C=O) groups is 1. The van der Waals surface area contributed by atoms with E-state index in [0.717, 1.165) is 33.7 Å². The lowest BCUT2D eigenvalue weighted by Crippen LogP contribution is -2.29. The molecule has 0 saturated carbocycles. The third-order valence-electron chi connectivity index (χ3n) is 6.13. The lowest BCUT2D eigenvalue weighted by Gasteiger charge is -2.26. The van der Waals surface area contributed by atoms with Gasteiger partial charge in [-0.15, -0.1) is 11.8 Å². The van der Waals surface area contributed by atoms with Crippen LogP contribution < -0.4 is 9.47 Å². The topological polar surface area (TPSA) is 67.5 Å². The average Bonchev–Trinajstić information content (AvgIpc) is 3.56. The number of benzene rings is 3. The SMILES string of the molecule is CSc1ccc(C2c3c(-c4ccccc4)n[nH]c3C(=O)N2Cc2ccc3c(c2)OCO3)cc1. The van der Waals surface area contributed by atoms with E-state index in [-0.39, 0.29) is 18.7 Å². The van der Waals surface area contributed by atoms with E-state index in [1.54, 1.807) is 11.8 Å². The van der Waals surface area contributed by atoms with E-state index in [1.165, 1.54) is 4.90 Å². The van der Waals surface area contributed by atoms with Crippen molar-refractivity contribution in [3.63, 3.8) is 0 Å². The fourth-order valence-corrected chi connectivity index (χ4v) is 4.95. The maximum atomic E-state index is 13.6. The van der Waals surface area contributed by atoms with Gasteiger partial charge in [0, 0.05) is 22.6 Å². The predicted octanol–water partition coefficient (Wildman–Crippen LogP) is 5.27. The zero-order valence-corrected chi connectivity index (χ0v) is 18.8. The van der Waals surface area contributed by atoms with E-state index < -0.39 is 0 Å². The molecule has 164 valence electrons. The first-order valence-corrected chi connectivity index (χ1v) is 11.9. The van der Waals surface area contributed by atoms with Crippen molar-refractivity contribution in [1.29, 1.82) is 0 Å². The highest BCUT2D eigenvalue weighted by atomic mass is 32.2. The predicted molar refractivity (Wildman–Crippen MR) is 127 cm³/mol. The van der Waals surface area contributed by atoms with Gasteiger partial charge in [0.15, 0.2) is 11.5 Å². The molecule has 0 fully saturated rings. The molecule has 1 unspecified atom stereocenters. The molecule has 0 radical (unpaired) electrons. The Bertz CT molecular complexity index is 1330. The Labute approximate surface area is 195 Å². The van der Waals surface area contributed by atoms with Crippen LogP contribution >= 0.6 is 11.8 Å². The summed E-state index contributed by atoms with van der Waals surface area (Å²) in [6, 6.07) is 24.0. The Morgan fingerprint density at radius 2 is 1.82 bits per heavy atom. The van der Waals surface area contributed by atoms with Gasteiger partial charge in [0.25, 0.3) is 5.91 Å². The molecule has 0 saturated heterocycles. The zero-order valence-electron chi connectivity index (χ0n) is 17.9. The molecule has 0 aliphatic carbocycles. The van der Waals surface area contributed by atoms with Crippen LogP contribution in [0.25, 0.3) is 11.3 Å². The molecule has 1 amide bonds. The van der Waals surface area contributed by atoms with Gasteiger partial charge in [0.1, 0.15) is 5.69 Å². The molecule has 0 bridgehead atoms. The number of hydrogen-bond donors (Lipinski definition) is 1. The minimum Gasteiger partial charge on any atom is -0.454 e. The number of thioether (sulfide) groups is 1. The number of aromatic amines is 1. The fourth-order valence-electron chi connectivity index (χ4n) is 4.54. The van der Waals surface area contributed by atoms with Gasteiger partial charge in [0.2, 0.25) is 6.79 Å². The van der Waals surface area contributed by atoms with Gasteiger partial charge in [0.05, 0.1) is 11.7 Å². The van der Waals surface area contributed by atoms with Gasteiger partial charge in [-0.25, -0.2) is 0 Å². The van der Waals surface area contributed by atoms with Crippen LogP contribution in [0.15, 0.2) is 77.7 Å². The van der Waals surface area contributed by atoms with Crippen LogP contribution in [0, 0.1) is 0 Å². The summed E-state index contributed by atoms with van der Waals surface area (Å²) >= 11 is 1.70. The quantitative estimate of drug-likeness (QED) is 0.415. The molecule has 33 heavy (non-hydrogen) atoms. The molecule has 1 N–H and O–H groups in total. The monoisotopic (exact) mass is 455 g/mol. The number of H-pyrrole nitrogens is 1. The number of carbonyl (C=O) groups excluding carboxylic acids is 1. The lowest BCUT2D eigenvalue weighted by molar-refractivity contribution is 0.0730. The molecule has 0 spiro atoms. The highest BCUT2D eigenvalue weighted by molar-refractivity contribution is 7.98. The summed E-state index contributed by atoms with van der Waals surface area (Å²) in [7, 11) is 0. The first-order valence-electron chi connectivity index (χ1n) is 10.7. The van der Waals surface area contributed by atoms with Crippen LogP contribution in [-0.2, 0) is 6.54 Å². The second kappa shape index (κ2) is 8.01. The lowest BCUT2D eigenvalue weighted by atomic mass is 9.96. The Hall–Kier alpha value is -3.71. The molecule has 3 aromatic carbocycles. The maximum Gasteiger partial charge on any atom is 0.273 e. The summed E-state index contributed by atoms with van der Waals surface area (Å²) in [6.45, 7) is 0.670. The second-order valence-corrected chi connectivity index (χ2v) is 8.90. The molecule has 2 aliphatic heterocycles. The maximum absolute atomic E-state index is 13.6. The fraction of sp³-hybridized carbons (Fsp3) is 0.154. The van der Waals surface area contributed by atoms with Gasteiger partial charge in [-0.05, 0) is 41.6 Å². The molecule has 4 aromatic rings. The highest BCUT2D eigenvalue weighted by Gasteiger charge is 2.42. The number of ether oxygens (including phenoxy) is 2. The van der Waals surface area contributed by atoms with Gasteiger partial charge in [-0.2, -0.15) is 5.10 Å². The Morgan fingerprint density at radius 1 is 1.03 bits per heavy atom. The summed E-state index contributed by atoms with van der Waals surface area (Å²) in [4.78, 5) is 16.7. The van der Waals surface area contributed by atoms with Crippen molar-refractivity contribution in [3.05, 3.63) is 95.2 Å². The van der Waals surface area contributed by atoms with Crippen LogP contribution in [0.2, 0.25) is 0 Å². The first kappa shape index (κ1) is 19.9. The largest absolute Gasteiger partial charge is 0.454 e. The molecule has 3 heterocycles. The number of nitrogens with zero attached hydrogens (tertiary/aromatic N) is 2. The summed E-state index contributed by atoms with van der Waals surface area (Å²) in [5.74, 6) is 1.39. The third kappa shape index (κ3) is 3.36. The zero-order chi connectivity index (χ0) is 22.4. The molecular weight excluding hydrogens is 434 g/mol. The average molecular weight is 456 g/mol. The standard InChI is InChI=1S/C26H21N3O3S/c1-33-19-10-8-18(9-11-19)25-22-23(17-5-3-2-4-6-17)27-28-24(22)26(30)29(25)14-16-7-12-20-21(13-16)32-15-31-20/h2-13,25H,14-15H2,1H3,(H,27,28). The molecule has 7 heteroatoms. The van der Waals surface area contributed by atoms with Crippen molar-refractivity contribution >= 4 is 17.7 Å². The van der Waals surface area contributed by atoms with Crippen molar-refractivity contribution in [3.8, 4) is 22.8 Å². The van der Waals surface area contributed by atoms with E-state index in [4.69, 9.17) is 9.47 Å². The summed E-state index contributed by atoms with van der Waals surface area (Å²) in [6.07, 6.45) is 2.06. The summed E-state index contributed by atoms with van der Waals surface area (Å²) in [5, 5.41) is 7.57. The minimum absolute atomic E-state index is 0.0590. The van der Waals surface area contributed by atoms with Crippen LogP contribution in [0.4, 0.5) is 0 Å². The highest BCUT2D eigenvalue weighted by Crippen LogP contribution is 2.44. The molecule has 1 atom stereocenters. The number of amides is 1. The van der Waals surface area contributed by atoms with Gasteiger partial charge in [-0.3, -0.25) is 9.89 Å². The van der Waals surface area contributed by atoms with E-state index >= 15 is 0 Å². The smallest absolute Gasteiger partial charge is 0.273 e. The van der Waals surface area contributed by atoms with Crippen molar-refractivity contribution in [2.45, 2.75) is 17.5 Å². The Kier molecular flexibility index (Phi) is 4.84. The molecule has 1 aromatic heterocycles. The van der Waals surface area contributed by atoms with Crippen LogP contribution in [-0.4, -0.2) is 34.1 Å². The number of nitrogens with one attached hydrogen (secondary N) is 1. The van der Waals surface area contributed by atoms with Crippen LogP contribution in [0.5, 0.6) is 11.5 Å². The third-order valence-corrected chi connectivity index (χ3v) is 6.88. The Balaban J connectivity index is 1.45. The molecule has 6 rings (SSSR count). The van der Waals surface area contributed by atoms with Gasteiger partial charge >= 0.3 is 0 Å². The van der Waals surface area contributed by atoms with Gasteiger partial charge < -0.3 is 14.4 Å². The number of hydrogen-bond acceptors (Lipinski definition) is 5. The summed E-state index contributed by atoms with van der Waals surface area (Å²) < 4.78 is 11.0. The van der Waals surface area contributed by atoms with Crippen molar-refractivity contribution < 1.29 is 14.3 Å². The second-order valence-electron chi connectivity index (χ2n) is 8.02. The Morgan fingerprint density at radius 3 is 2.61 bits per heavy atom. The molecule has 2 aliphatic rings. The number of aromatic nitrogens is 2. The summed E-state index contributed by atoms with van der Waals surface area (Å²) in [5.41, 5.74) is 5.30. The van der Waals surface area contributed by atoms with E-state index in [9.17, 15) is 4.79 Å². The normalized spacial score (nSPS) is 16.3. The van der Waals surface area contributed by atoms with E-state index in [0.29, 0.717) is 18.0 Å². The van der Waals surface area contributed by atoms with Crippen LogP contribution in [0.1, 0.15) is 33.2 Å². The first-order chi connectivity index (χ1) is 16.2. The van der Waals surface area contributed by atoms with E-state index in [1.807, 2.05) is 53.4 Å². The molecule has 6 nitrogen and oxygen atoms in total.